The van der Waals surface area contributed by atoms with Crippen molar-refractivity contribution in [1.82, 2.24) is 0 Å². The molecule has 4 heteroatoms. The van der Waals surface area contributed by atoms with Crippen LogP contribution in [0.5, 0.6) is 17.2 Å². The van der Waals surface area contributed by atoms with Gasteiger partial charge in [-0.15, -0.1) is 0 Å². The lowest BCUT2D eigenvalue weighted by molar-refractivity contribution is 0.0921. The van der Waals surface area contributed by atoms with Crippen LogP contribution in [0.3, 0.4) is 0 Å². The highest BCUT2D eigenvalue weighted by Crippen LogP contribution is 2.44. The molecule has 1 N–H and O–H groups in total. The van der Waals surface area contributed by atoms with Crippen molar-refractivity contribution >= 4 is 11.9 Å². The number of fused-ring (bicyclic) bond motifs is 1. The maximum Gasteiger partial charge on any atom is 0.173 e. The van der Waals surface area contributed by atoms with Crippen molar-refractivity contribution < 1.29 is 19.4 Å². The fraction of sp³-hybridized carbons (Fsp3) is 0.471. The van der Waals surface area contributed by atoms with Gasteiger partial charge in [-0.1, -0.05) is 13.8 Å². The van der Waals surface area contributed by atoms with E-state index in [1.54, 1.807) is 0 Å². The first-order chi connectivity index (χ1) is 9.80. The lowest BCUT2D eigenvalue weighted by atomic mass is 9.92. The zero-order valence-electron chi connectivity index (χ0n) is 13.2. The summed E-state index contributed by atoms with van der Waals surface area (Å²) in [6.07, 6.45) is 4.49. The summed E-state index contributed by atoms with van der Waals surface area (Å²) in [5, 5.41) is 10.3. The van der Waals surface area contributed by atoms with Crippen LogP contribution in [0.4, 0.5) is 0 Å². The minimum absolute atomic E-state index is 0.0954. The number of phenolic OH excluding ortho intramolecular Hbond substituents is 1. The molecule has 4 nitrogen and oxygen atoms in total. The molecule has 114 valence electrons. The summed E-state index contributed by atoms with van der Waals surface area (Å²) in [4.78, 5) is 12.5. The smallest absolute Gasteiger partial charge is 0.173 e. The SMILES string of the molecule is CCC(C)C(=O)c1c(O)cc2c(c1OC)C=CC(C)(C)O2. The van der Waals surface area contributed by atoms with Gasteiger partial charge in [0.15, 0.2) is 5.78 Å². The van der Waals surface area contributed by atoms with Crippen LogP contribution in [0.25, 0.3) is 6.08 Å². The topological polar surface area (TPSA) is 55.8 Å². The maximum absolute atomic E-state index is 12.5. The monoisotopic (exact) mass is 290 g/mol. The molecule has 0 amide bonds. The molecule has 1 heterocycles. The van der Waals surface area contributed by atoms with E-state index in [1.807, 2.05) is 39.8 Å². The quantitative estimate of drug-likeness (QED) is 0.857. The van der Waals surface area contributed by atoms with E-state index in [9.17, 15) is 9.90 Å². The van der Waals surface area contributed by atoms with Crippen molar-refractivity contribution in [3.8, 4) is 17.2 Å². The fourth-order valence-corrected chi connectivity index (χ4v) is 2.36. The van der Waals surface area contributed by atoms with Crippen molar-refractivity contribution in [2.75, 3.05) is 7.11 Å². The number of benzene rings is 1. The molecule has 0 saturated heterocycles. The van der Waals surface area contributed by atoms with E-state index in [-0.39, 0.29) is 23.0 Å². The lowest BCUT2D eigenvalue weighted by Gasteiger charge is -2.29. The normalized spacial score (nSPS) is 16.8. The second-order valence-corrected chi connectivity index (χ2v) is 5.93. The predicted octanol–water partition coefficient (Wildman–Crippen LogP) is 3.81. The Labute approximate surface area is 125 Å². The van der Waals surface area contributed by atoms with Crippen LogP contribution in [-0.4, -0.2) is 23.6 Å². The summed E-state index contributed by atoms with van der Waals surface area (Å²) in [7, 11) is 1.50. The molecule has 0 fully saturated rings. The van der Waals surface area contributed by atoms with E-state index < -0.39 is 5.60 Å². The van der Waals surface area contributed by atoms with Crippen LogP contribution >= 0.6 is 0 Å². The standard InChI is InChI=1S/C17H22O4/c1-6-10(2)15(19)14-12(18)9-13-11(16(14)20-5)7-8-17(3,4)21-13/h7-10,18H,6H2,1-5H3. The number of rotatable bonds is 4. The Balaban J connectivity index is 2.62. The highest BCUT2D eigenvalue weighted by atomic mass is 16.5. The molecule has 0 spiro atoms. The van der Waals surface area contributed by atoms with E-state index in [2.05, 4.69) is 0 Å². The molecule has 1 aliphatic rings. The summed E-state index contributed by atoms with van der Waals surface area (Å²) in [5.74, 6) is 0.516. The predicted molar refractivity (Wildman–Crippen MR) is 82.2 cm³/mol. The van der Waals surface area contributed by atoms with E-state index in [1.165, 1.54) is 13.2 Å². The minimum Gasteiger partial charge on any atom is -0.507 e. The average molecular weight is 290 g/mol. The van der Waals surface area contributed by atoms with Crippen molar-refractivity contribution in [3.05, 3.63) is 23.3 Å². The molecule has 21 heavy (non-hydrogen) atoms. The highest BCUT2D eigenvalue weighted by Gasteiger charge is 2.30. The van der Waals surface area contributed by atoms with Crippen molar-refractivity contribution in [2.24, 2.45) is 5.92 Å². The summed E-state index contributed by atoms with van der Waals surface area (Å²) in [6, 6.07) is 1.50. The molecular weight excluding hydrogens is 268 g/mol. The van der Waals surface area contributed by atoms with Gasteiger partial charge in [0.25, 0.3) is 0 Å². The third-order valence-corrected chi connectivity index (χ3v) is 3.80. The molecule has 1 atom stereocenters. The summed E-state index contributed by atoms with van der Waals surface area (Å²) in [6.45, 7) is 7.63. The summed E-state index contributed by atoms with van der Waals surface area (Å²) >= 11 is 0. The Morgan fingerprint density at radius 1 is 1.48 bits per heavy atom. The molecule has 1 aromatic rings. The number of carbonyl (C=O) groups is 1. The lowest BCUT2D eigenvalue weighted by Crippen LogP contribution is -2.28. The molecule has 1 unspecified atom stereocenters. The van der Waals surface area contributed by atoms with Crippen LogP contribution in [0.2, 0.25) is 0 Å². The van der Waals surface area contributed by atoms with E-state index in [4.69, 9.17) is 9.47 Å². The van der Waals surface area contributed by atoms with Gasteiger partial charge in [-0.25, -0.2) is 0 Å². The van der Waals surface area contributed by atoms with Gasteiger partial charge in [-0.05, 0) is 32.4 Å². The second-order valence-electron chi connectivity index (χ2n) is 5.93. The molecule has 0 aliphatic carbocycles. The molecule has 0 aromatic heterocycles. The molecule has 0 saturated carbocycles. The largest absolute Gasteiger partial charge is 0.507 e. The zero-order chi connectivity index (χ0) is 15.8. The van der Waals surface area contributed by atoms with Gasteiger partial charge in [-0.3, -0.25) is 4.79 Å². The average Bonchev–Trinajstić information content (AvgIpc) is 2.43. The van der Waals surface area contributed by atoms with E-state index in [0.29, 0.717) is 23.5 Å². The van der Waals surface area contributed by atoms with Crippen LogP contribution in [0.15, 0.2) is 12.1 Å². The maximum atomic E-state index is 12.5. The number of hydrogen-bond donors (Lipinski definition) is 1. The van der Waals surface area contributed by atoms with Crippen molar-refractivity contribution in [3.63, 3.8) is 0 Å². The molecule has 0 radical (unpaired) electrons. The number of Topliss-reactive ketones (excluding diaryl/α,β-unsaturated/α-hetero) is 1. The number of aromatic hydroxyl groups is 1. The van der Waals surface area contributed by atoms with Crippen LogP contribution in [-0.2, 0) is 0 Å². The van der Waals surface area contributed by atoms with Crippen LogP contribution in [0.1, 0.15) is 50.0 Å². The Bertz CT molecular complexity index is 599. The number of phenols is 1. The number of methoxy groups -OCH3 is 1. The van der Waals surface area contributed by atoms with Gasteiger partial charge in [0, 0.05) is 12.0 Å². The van der Waals surface area contributed by atoms with Gasteiger partial charge in [-0.2, -0.15) is 0 Å². The van der Waals surface area contributed by atoms with Gasteiger partial charge < -0.3 is 14.6 Å². The minimum atomic E-state index is -0.452. The Morgan fingerprint density at radius 2 is 2.14 bits per heavy atom. The summed E-state index contributed by atoms with van der Waals surface area (Å²) in [5.41, 5.74) is 0.479. The number of ketones is 1. The third-order valence-electron chi connectivity index (χ3n) is 3.80. The van der Waals surface area contributed by atoms with Crippen LogP contribution in [0, 0.1) is 5.92 Å². The molecule has 1 aromatic carbocycles. The second kappa shape index (κ2) is 5.43. The van der Waals surface area contributed by atoms with Crippen molar-refractivity contribution in [1.29, 1.82) is 0 Å². The third kappa shape index (κ3) is 2.75. The Hall–Kier alpha value is -1.97. The first kappa shape index (κ1) is 15.4. The molecule has 0 bridgehead atoms. The number of ether oxygens (including phenoxy) is 2. The molecule has 1 aliphatic heterocycles. The number of carbonyl (C=O) groups excluding carboxylic acids is 1. The summed E-state index contributed by atoms with van der Waals surface area (Å²) < 4.78 is 11.2. The zero-order valence-corrected chi connectivity index (χ0v) is 13.2. The van der Waals surface area contributed by atoms with E-state index in [0.717, 1.165) is 0 Å². The van der Waals surface area contributed by atoms with Crippen LogP contribution < -0.4 is 9.47 Å². The van der Waals surface area contributed by atoms with Gasteiger partial charge in [0.2, 0.25) is 0 Å². The van der Waals surface area contributed by atoms with Gasteiger partial charge >= 0.3 is 0 Å². The van der Waals surface area contributed by atoms with Crippen molar-refractivity contribution in [2.45, 2.75) is 39.7 Å². The number of hydrogen-bond acceptors (Lipinski definition) is 4. The highest BCUT2D eigenvalue weighted by molar-refractivity contribution is 6.04. The van der Waals surface area contributed by atoms with Gasteiger partial charge in [0.1, 0.15) is 28.4 Å². The fourth-order valence-electron chi connectivity index (χ4n) is 2.36. The molecular formula is C17H22O4. The Morgan fingerprint density at radius 3 is 2.71 bits per heavy atom. The Kier molecular flexibility index (Phi) is 3.99. The van der Waals surface area contributed by atoms with Gasteiger partial charge in [0.05, 0.1) is 12.7 Å². The first-order valence-corrected chi connectivity index (χ1v) is 7.17. The van der Waals surface area contributed by atoms with E-state index >= 15 is 0 Å². The first-order valence-electron chi connectivity index (χ1n) is 7.17. The molecule has 2 rings (SSSR count).